The van der Waals surface area contributed by atoms with E-state index in [0.717, 1.165) is 11.3 Å². The first-order valence-electron chi connectivity index (χ1n) is 9.31. The van der Waals surface area contributed by atoms with E-state index in [1.165, 1.54) is 7.11 Å². The zero-order chi connectivity index (χ0) is 21.6. The molecule has 0 heterocycles. The molecule has 2 N–H and O–H groups in total. The summed E-state index contributed by atoms with van der Waals surface area (Å²) in [5, 5.41) is 6.20. The first kappa shape index (κ1) is 22.7. The quantitative estimate of drug-likeness (QED) is 0.709. The number of para-hydroxylation sites is 1. The van der Waals surface area contributed by atoms with Gasteiger partial charge in [0, 0.05) is 10.7 Å². The molecule has 0 saturated heterocycles. The van der Waals surface area contributed by atoms with Crippen molar-refractivity contribution >= 4 is 34.8 Å². The van der Waals surface area contributed by atoms with Gasteiger partial charge in [0.25, 0.3) is 0 Å². The van der Waals surface area contributed by atoms with E-state index in [2.05, 4.69) is 31.4 Å². The van der Waals surface area contributed by atoms with E-state index in [0.29, 0.717) is 16.5 Å². The molecule has 2 aromatic rings. The number of benzene rings is 2. The van der Waals surface area contributed by atoms with Gasteiger partial charge in [-0.05, 0) is 42.3 Å². The molecule has 2 aromatic carbocycles. The highest BCUT2D eigenvalue weighted by atomic mass is 35.5. The summed E-state index contributed by atoms with van der Waals surface area (Å²) in [5.74, 6) is 0.0650. The number of hydrogen-bond acceptors (Lipinski definition) is 4. The Labute approximate surface area is 177 Å². The normalized spacial score (nSPS) is 11.3. The van der Waals surface area contributed by atoms with Crippen molar-refractivity contribution in [2.75, 3.05) is 37.9 Å². The van der Waals surface area contributed by atoms with Gasteiger partial charge in [-0.25, -0.2) is 0 Å². The minimum absolute atomic E-state index is 0.0456. The van der Waals surface area contributed by atoms with Gasteiger partial charge in [-0.2, -0.15) is 0 Å². The fourth-order valence-corrected chi connectivity index (χ4v) is 3.12. The molecule has 0 spiro atoms. The highest BCUT2D eigenvalue weighted by molar-refractivity contribution is 6.31. The summed E-state index contributed by atoms with van der Waals surface area (Å²) >= 11 is 5.98. The average molecular weight is 418 g/mol. The van der Waals surface area contributed by atoms with Crippen LogP contribution in [0.25, 0.3) is 0 Å². The van der Waals surface area contributed by atoms with E-state index < -0.39 is 0 Å². The molecule has 0 aliphatic rings. The number of ether oxygens (including phenoxy) is 1. The number of likely N-dealkylation sites (N-methyl/N-ethyl adjacent to an activating group) is 1. The van der Waals surface area contributed by atoms with Crippen LogP contribution >= 0.6 is 11.6 Å². The minimum Gasteiger partial charge on any atom is -0.495 e. The molecule has 0 aliphatic heterocycles. The third kappa shape index (κ3) is 6.76. The van der Waals surface area contributed by atoms with Crippen LogP contribution in [0.5, 0.6) is 5.75 Å². The summed E-state index contributed by atoms with van der Waals surface area (Å²) in [6, 6.07) is 12.7. The van der Waals surface area contributed by atoms with Crippen LogP contribution in [0.3, 0.4) is 0 Å². The SMILES string of the molecule is COc1ccc(Cl)cc1NC(=O)CN(C)CC(=O)Nc1ccccc1C(C)(C)C. The predicted molar refractivity (Wildman–Crippen MR) is 118 cm³/mol. The molecule has 6 nitrogen and oxygen atoms in total. The topological polar surface area (TPSA) is 70.7 Å². The Morgan fingerprint density at radius 1 is 1.00 bits per heavy atom. The van der Waals surface area contributed by atoms with Gasteiger partial charge >= 0.3 is 0 Å². The van der Waals surface area contributed by atoms with Gasteiger partial charge in [-0.3, -0.25) is 14.5 Å². The predicted octanol–water partition coefficient (Wildman–Crippen LogP) is 4.16. The Morgan fingerprint density at radius 2 is 1.59 bits per heavy atom. The molecule has 0 unspecified atom stereocenters. The molecule has 0 atom stereocenters. The Hall–Kier alpha value is -2.57. The highest BCUT2D eigenvalue weighted by Gasteiger charge is 2.19. The second-order valence-corrected chi connectivity index (χ2v) is 8.35. The van der Waals surface area contributed by atoms with E-state index in [9.17, 15) is 9.59 Å². The Morgan fingerprint density at radius 3 is 2.17 bits per heavy atom. The fraction of sp³-hybridized carbons (Fsp3) is 0.364. The van der Waals surface area contributed by atoms with E-state index in [-0.39, 0.29) is 30.3 Å². The molecule has 29 heavy (non-hydrogen) atoms. The number of nitrogens with zero attached hydrogens (tertiary/aromatic N) is 1. The largest absolute Gasteiger partial charge is 0.495 e. The van der Waals surface area contributed by atoms with E-state index in [1.807, 2.05) is 24.3 Å². The summed E-state index contributed by atoms with van der Waals surface area (Å²) in [6.45, 7) is 6.41. The fourth-order valence-electron chi connectivity index (χ4n) is 2.95. The van der Waals surface area contributed by atoms with Crippen LogP contribution in [-0.2, 0) is 15.0 Å². The van der Waals surface area contributed by atoms with Crippen LogP contribution < -0.4 is 15.4 Å². The number of carbonyl (C=O) groups excluding carboxylic acids is 2. The van der Waals surface area contributed by atoms with E-state index in [4.69, 9.17) is 16.3 Å². The standard InChI is InChI=1S/C22H28ClN3O3/c1-22(2,3)16-8-6-7-9-17(16)24-20(27)13-26(4)14-21(28)25-18-12-15(23)10-11-19(18)29-5/h6-12H,13-14H2,1-5H3,(H,24,27)(H,25,28). The van der Waals surface area contributed by atoms with Crippen LogP contribution in [0.4, 0.5) is 11.4 Å². The summed E-state index contributed by atoms with van der Waals surface area (Å²) in [5.41, 5.74) is 2.24. The first-order chi connectivity index (χ1) is 13.6. The van der Waals surface area contributed by atoms with Gasteiger partial charge in [0.05, 0.1) is 25.9 Å². The Bertz CT molecular complexity index is 878. The maximum absolute atomic E-state index is 12.5. The first-order valence-corrected chi connectivity index (χ1v) is 9.69. The number of halogens is 1. The number of nitrogens with one attached hydrogen (secondary N) is 2. The molecule has 2 rings (SSSR count). The summed E-state index contributed by atoms with van der Waals surface area (Å²) in [7, 11) is 3.23. The maximum Gasteiger partial charge on any atom is 0.238 e. The second kappa shape index (κ2) is 9.76. The zero-order valence-corrected chi connectivity index (χ0v) is 18.3. The van der Waals surface area contributed by atoms with Crippen molar-refractivity contribution in [1.82, 2.24) is 4.90 Å². The lowest BCUT2D eigenvalue weighted by atomic mass is 9.86. The van der Waals surface area contributed by atoms with Crippen molar-refractivity contribution in [2.24, 2.45) is 0 Å². The molecule has 0 radical (unpaired) electrons. The molecule has 0 aliphatic carbocycles. The van der Waals surface area contributed by atoms with Crippen LogP contribution in [0.1, 0.15) is 26.3 Å². The lowest BCUT2D eigenvalue weighted by molar-refractivity contribution is -0.119. The number of anilines is 2. The van der Waals surface area contributed by atoms with E-state index in [1.54, 1.807) is 30.1 Å². The lowest BCUT2D eigenvalue weighted by Gasteiger charge is -2.23. The van der Waals surface area contributed by atoms with Gasteiger partial charge in [-0.1, -0.05) is 50.6 Å². The molecule has 156 valence electrons. The summed E-state index contributed by atoms with van der Waals surface area (Å²) in [4.78, 5) is 26.4. The van der Waals surface area contributed by atoms with Crippen molar-refractivity contribution in [2.45, 2.75) is 26.2 Å². The molecule has 7 heteroatoms. The lowest BCUT2D eigenvalue weighted by Crippen LogP contribution is -2.36. The molecule has 0 bridgehead atoms. The maximum atomic E-state index is 12.5. The van der Waals surface area contributed by atoms with Crippen molar-refractivity contribution in [3.63, 3.8) is 0 Å². The van der Waals surface area contributed by atoms with Crippen molar-refractivity contribution in [3.8, 4) is 5.75 Å². The zero-order valence-electron chi connectivity index (χ0n) is 17.5. The van der Waals surface area contributed by atoms with Crippen LogP contribution in [-0.4, -0.2) is 44.0 Å². The van der Waals surface area contributed by atoms with Crippen LogP contribution in [0, 0.1) is 0 Å². The minimum atomic E-state index is -0.268. The van der Waals surface area contributed by atoms with Gasteiger partial charge in [0.2, 0.25) is 11.8 Å². The number of carbonyl (C=O) groups is 2. The third-order valence-corrected chi connectivity index (χ3v) is 4.51. The van der Waals surface area contributed by atoms with Crippen molar-refractivity contribution in [3.05, 3.63) is 53.1 Å². The number of amides is 2. The smallest absolute Gasteiger partial charge is 0.238 e. The number of methoxy groups -OCH3 is 1. The summed E-state index contributed by atoms with van der Waals surface area (Å²) < 4.78 is 5.22. The number of hydrogen-bond donors (Lipinski definition) is 2. The highest BCUT2D eigenvalue weighted by Crippen LogP contribution is 2.29. The van der Waals surface area contributed by atoms with Crippen LogP contribution in [0.15, 0.2) is 42.5 Å². The van der Waals surface area contributed by atoms with Crippen LogP contribution in [0.2, 0.25) is 5.02 Å². The molecular weight excluding hydrogens is 390 g/mol. The summed E-state index contributed by atoms with van der Waals surface area (Å²) in [6.07, 6.45) is 0. The third-order valence-electron chi connectivity index (χ3n) is 4.27. The number of rotatable bonds is 7. The molecule has 0 fully saturated rings. The molecular formula is C22H28ClN3O3. The molecule has 0 aromatic heterocycles. The molecule has 2 amide bonds. The average Bonchev–Trinajstić information content (AvgIpc) is 2.61. The monoisotopic (exact) mass is 417 g/mol. The van der Waals surface area contributed by atoms with Gasteiger partial charge in [0.1, 0.15) is 5.75 Å². The van der Waals surface area contributed by atoms with E-state index >= 15 is 0 Å². The van der Waals surface area contributed by atoms with Crippen molar-refractivity contribution < 1.29 is 14.3 Å². The Kier molecular flexibility index (Phi) is 7.65. The Balaban J connectivity index is 1.94. The van der Waals surface area contributed by atoms with Crippen molar-refractivity contribution in [1.29, 1.82) is 0 Å². The molecule has 0 saturated carbocycles. The van der Waals surface area contributed by atoms with Gasteiger partial charge < -0.3 is 15.4 Å². The van der Waals surface area contributed by atoms with Gasteiger partial charge in [0.15, 0.2) is 0 Å². The van der Waals surface area contributed by atoms with Gasteiger partial charge in [-0.15, -0.1) is 0 Å². The second-order valence-electron chi connectivity index (χ2n) is 7.91.